The Hall–Kier alpha value is -1.10. The minimum Gasteiger partial charge on any atom is -0.394 e. The van der Waals surface area contributed by atoms with E-state index in [1.165, 1.54) is 0 Å². The third-order valence-electron chi connectivity index (χ3n) is 4.58. The molecule has 8 nitrogen and oxygen atoms in total. The standard InChI is InChI=1S/C23H38O8/c24-9-11-25-12-13-26-14-15-27-16-17-29-22(20-31-23-8-4-5-10-30-23)19-28-18-21-6-2-1-3-7-21/h1-3,6-7,22-24H,4-5,8-20H2/t22-,23?/m0/s1. The van der Waals surface area contributed by atoms with Crippen molar-refractivity contribution in [2.75, 3.05) is 72.7 Å². The summed E-state index contributed by atoms with van der Waals surface area (Å²) in [4.78, 5) is 0. The summed E-state index contributed by atoms with van der Waals surface area (Å²) in [5, 5.41) is 8.61. The van der Waals surface area contributed by atoms with Gasteiger partial charge in [0.2, 0.25) is 0 Å². The summed E-state index contributed by atoms with van der Waals surface area (Å²) in [7, 11) is 0. The number of aliphatic hydroxyl groups is 1. The van der Waals surface area contributed by atoms with E-state index in [4.69, 9.17) is 38.3 Å². The lowest BCUT2D eigenvalue weighted by Crippen LogP contribution is -2.32. The van der Waals surface area contributed by atoms with Crippen LogP contribution in [-0.2, 0) is 39.8 Å². The molecule has 1 saturated heterocycles. The molecule has 0 aromatic heterocycles. The van der Waals surface area contributed by atoms with E-state index in [0.29, 0.717) is 66.1 Å². The Balaban J connectivity index is 1.55. The highest BCUT2D eigenvalue weighted by molar-refractivity contribution is 5.13. The van der Waals surface area contributed by atoms with Crippen LogP contribution in [0.25, 0.3) is 0 Å². The van der Waals surface area contributed by atoms with Gasteiger partial charge in [-0.1, -0.05) is 30.3 Å². The van der Waals surface area contributed by atoms with Crippen molar-refractivity contribution in [3.05, 3.63) is 35.9 Å². The number of hydrogen-bond acceptors (Lipinski definition) is 8. The summed E-state index contributed by atoms with van der Waals surface area (Å²) < 4.78 is 39.3. The average molecular weight is 443 g/mol. The summed E-state index contributed by atoms with van der Waals surface area (Å²) in [6, 6.07) is 10.1. The first-order valence-corrected chi connectivity index (χ1v) is 11.2. The van der Waals surface area contributed by atoms with Gasteiger partial charge in [0, 0.05) is 6.61 Å². The van der Waals surface area contributed by atoms with Gasteiger partial charge in [-0.2, -0.15) is 0 Å². The van der Waals surface area contributed by atoms with Crippen molar-refractivity contribution in [3.63, 3.8) is 0 Å². The van der Waals surface area contributed by atoms with Crippen LogP contribution in [0, 0.1) is 0 Å². The summed E-state index contributed by atoms with van der Waals surface area (Å²) in [6.45, 7) is 5.40. The van der Waals surface area contributed by atoms with Gasteiger partial charge < -0.3 is 38.3 Å². The lowest BCUT2D eigenvalue weighted by atomic mass is 10.2. The van der Waals surface area contributed by atoms with Gasteiger partial charge in [0.25, 0.3) is 0 Å². The Labute approximate surface area is 185 Å². The molecule has 1 aromatic rings. The molecule has 2 atom stereocenters. The Kier molecular flexibility index (Phi) is 15.6. The minimum absolute atomic E-state index is 0.0279. The zero-order chi connectivity index (χ0) is 21.8. The van der Waals surface area contributed by atoms with Crippen LogP contribution in [0.2, 0.25) is 0 Å². The normalized spacial score (nSPS) is 17.6. The van der Waals surface area contributed by atoms with Crippen LogP contribution in [0.5, 0.6) is 0 Å². The molecule has 0 saturated carbocycles. The third kappa shape index (κ3) is 13.8. The minimum atomic E-state index is -0.183. The van der Waals surface area contributed by atoms with E-state index in [2.05, 4.69) is 0 Å². The van der Waals surface area contributed by atoms with Gasteiger partial charge in [-0.15, -0.1) is 0 Å². The lowest BCUT2D eigenvalue weighted by Gasteiger charge is -2.25. The molecule has 1 aliphatic heterocycles. The highest BCUT2D eigenvalue weighted by Gasteiger charge is 2.18. The van der Waals surface area contributed by atoms with Gasteiger partial charge in [0.05, 0.1) is 72.7 Å². The maximum Gasteiger partial charge on any atom is 0.157 e. The van der Waals surface area contributed by atoms with E-state index < -0.39 is 0 Å². The van der Waals surface area contributed by atoms with Gasteiger partial charge in [-0.3, -0.25) is 0 Å². The highest BCUT2D eigenvalue weighted by atomic mass is 16.7. The van der Waals surface area contributed by atoms with Crippen molar-refractivity contribution in [1.29, 1.82) is 0 Å². The zero-order valence-corrected chi connectivity index (χ0v) is 18.5. The molecule has 1 unspecified atom stereocenters. The molecule has 1 N–H and O–H groups in total. The molecule has 0 bridgehead atoms. The fourth-order valence-electron chi connectivity index (χ4n) is 2.96. The monoisotopic (exact) mass is 442 g/mol. The van der Waals surface area contributed by atoms with Crippen LogP contribution in [0.15, 0.2) is 30.3 Å². The molecule has 1 aromatic carbocycles. The molecule has 178 valence electrons. The summed E-state index contributed by atoms with van der Waals surface area (Å²) >= 11 is 0. The molecule has 1 aliphatic rings. The second-order valence-electron chi connectivity index (χ2n) is 7.18. The molecule has 8 heteroatoms. The SMILES string of the molecule is OCCOCCOCCOCCO[C@@H](COCc1ccccc1)COC1CCCCO1. The summed E-state index contributed by atoms with van der Waals surface area (Å²) in [6.07, 6.45) is 2.81. The predicted molar refractivity (Wildman–Crippen MR) is 115 cm³/mol. The number of ether oxygens (including phenoxy) is 7. The van der Waals surface area contributed by atoms with E-state index in [0.717, 1.165) is 31.4 Å². The fourth-order valence-corrected chi connectivity index (χ4v) is 2.96. The third-order valence-corrected chi connectivity index (χ3v) is 4.58. The quantitative estimate of drug-likeness (QED) is 0.326. The number of hydrogen-bond donors (Lipinski definition) is 1. The highest BCUT2D eigenvalue weighted by Crippen LogP contribution is 2.14. The second kappa shape index (κ2) is 18.5. The molecule has 1 fully saturated rings. The maximum absolute atomic E-state index is 8.61. The van der Waals surface area contributed by atoms with Gasteiger partial charge in [-0.25, -0.2) is 0 Å². The van der Waals surface area contributed by atoms with Crippen molar-refractivity contribution in [2.24, 2.45) is 0 Å². The summed E-state index contributed by atoms with van der Waals surface area (Å²) in [5.74, 6) is 0. The molecule has 2 rings (SSSR count). The van der Waals surface area contributed by atoms with Crippen LogP contribution in [-0.4, -0.2) is 90.2 Å². The molecular formula is C23H38O8. The largest absolute Gasteiger partial charge is 0.394 e. The molecule has 0 radical (unpaired) electrons. The number of benzene rings is 1. The Bertz CT molecular complexity index is 510. The molecule has 0 spiro atoms. The predicted octanol–water partition coefficient (Wildman–Crippen LogP) is 2.17. The van der Waals surface area contributed by atoms with Gasteiger partial charge in [-0.05, 0) is 24.8 Å². The van der Waals surface area contributed by atoms with Crippen LogP contribution < -0.4 is 0 Å². The lowest BCUT2D eigenvalue weighted by molar-refractivity contribution is -0.186. The van der Waals surface area contributed by atoms with Crippen molar-refractivity contribution < 1.29 is 38.3 Å². The van der Waals surface area contributed by atoms with Gasteiger partial charge in [0.1, 0.15) is 6.10 Å². The Morgan fingerprint density at radius 1 is 0.839 bits per heavy atom. The van der Waals surface area contributed by atoms with E-state index >= 15 is 0 Å². The smallest absolute Gasteiger partial charge is 0.157 e. The molecule has 31 heavy (non-hydrogen) atoms. The molecule has 1 heterocycles. The van der Waals surface area contributed by atoms with E-state index in [1.807, 2.05) is 30.3 Å². The van der Waals surface area contributed by atoms with Crippen molar-refractivity contribution in [3.8, 4) is 0 Å². The van der Waals surface area contributed by atoms with E-state index in [1.54, 1.807) is 0 Å². The number of aliphatic hydroxyl groups excluding tert-OH is 1. The van der Waals surface area contributed by atoms with Gasteiger partial charge >= 0.3 is 0 Å². The van der Waals surface area contributed by atoms with Gasteiger partial charge in [0.15, 0.2) is 6.29 Å². The molecular weight excluding hydrogens is 404 g/mol. The Morgan fingerprint density at radius 3 is 2.23 bits per heavy atom. The van der Waals surface area contributed by atoms with Crippen molar-refractivity contribution >= 4 is 0 Å². The first-order chi connectivity index (χ1) is 15.4. The second-order valence-corrected chi connectivity index (χ2v) is 7.18. The fraction of sp³-hybridized carbons (Fsp3) is 0.739. The molecule has 0 amide bonds. The van der Waals surface area contributed by atoms with Crippen molar-refractivity contribution in [2.45, 2.75) is 38.3 Å². The summed E-state index contributed by atoms with van der Waals surface area (Å²) in [5.41, 5.74) is 1.13. The first-order valence-electron chi connectivity index (χ1n) is 11.2. The van der Waals surface area contributed by atoms with Crippen LogP contribution in [0.3, 0.4) is 0 Å². The van der Waals surface area contributed by atoms with Crippen molar-refractivity contribution in [1.82, 2.24) is 0 Å². The number of rotatable bonds is 19. The average Bonchev–Trinajstić information content (AvgIpc) is 2.82. The maximum atomic E-state index is 8.61. The Morgan fingerprint density at radius 2 is 1.55 bits per heavy atom. The molecule has 0 aliphatic carbocycles. The van der Waals surface area contributed by atoms with Crippen LogP contribution >= 0.6 is 0 Å². The van der Waals surface area contributed by atoms with Crippen LogP contribution in [0.1, 0.15) is 24.8 Å². The zero-order valence-electron chi connectivity index (χ0n) is 18.5. The first kappa shape index (κ1) is 26.2. The van der Waals surface area contributed by atoms with E-state index in [9.17, 15) is 0 Å². The van der Waals surface area contributed by atoms with Crippen LogP contribution in [0.4, 0.5) is 0 Å². The van der Waals surface area contributed by atoms with E-state index in [-0.39, 0.29) is 19.0 Å². The topological polar surface area (TPSA) is 84.8 Å².